The van der Waals surface area contributed by atoms with E-state index in [2.05, 4.69) is 20.2 Å². The highest BCUT2D eigenvalue weighted by Gasteiger charge is 2.14. The van der Waals surface area contributed by atoms with Gasteiger partial charge in [0.05, 0.1) is 12.1 Å². The molecule has 0 spiro atoms. The molecule has 1 aromatic heterocycles. The third kappa shape index (κ3) is 3.08. The minimum atomic E-state index is -0.213. The fourth-order valence-corrected chi connectivity index (χ4v) is 2.16. The van der Waals surface area contributed by atoms with Gasteiger partial charge in [0, 0.05) is 26.2 Å². The molecule has 0 amide bonds. The van der Waals surface area contributed by atoms with E-state index in [0.29, 0.717) is 24.4 Å². The van der Waals surface area contributed by atoms with Crippen molar-refractivity contribution < 1.29 is 5.11 Å². The summed E-state index contributed by atoms with van der Waals surface area (Å²) in [5, 5.41) is 13.0. The Labute approximate surface area is 106 Å². The van der Waals surface area contributed by atoms with Gasteiger partial charge in [-0.3, -0.25) is 9.69 Å². The van der Waals surface area contributed by atoms with Crippen molar-refractivity contribution in [1.82, 2.24) is 20.2 Å². The smallest absolute Gasteiger partial charge is 0.257 e. The monoisotopic (exact) mass is 252 g/mol. The molecule has 0 atom stereocenters. The van der Waals surface area contributed by atoms with Crippen LogP contribution in [0, 0.1) is 0 Å². The van der Waals surface area contributed by atoms with Crippen LogP contribution >= 0.6 is 0 Å². The quantitative estimate of drug-likeness (QED) is 0.693. The summed E-state index contributed by atoms with van der Waals surface area (Å²) in [5.74, 6) is 0.421. The van der Waals surface area contributed by atoms with Gasteiger partial charge in [0.1, 0.15) is 5.82 Å². The Balaban J connectivity index is 2.11. The lowest BCUT2D eigenvalue weighted by Gasteiger charge is -2.26. The molecule has 0 radical (unpaired) electrons. The van der Waals surface area contributed by atoms with Crippen molar-refractivity contribution in [1.29, 1.82) is 0 Å². The lowest BCUT2D eigenvalue weighted by Crippen LogP contribution is -2.43. The molecule has 1 fully saturated rings. The number of nitrogens with one attached hydrogen (secondary N) is 2. The van der Waals surface area contributed by atoms with E-state index in [1.165, 1.54) is 0 Å². The Hall–Kier alpha value is -1.40. The molecule has 6 heteroatoms. The number of hydrogen-bond acceptors (Lipinski definition) is 5. The molecule has 0 aliphatic carbocycles. The molecule has 6 nitrogen and oxygen atoms in total. The van der Waals surface area contributed by atoms with Gasteiger partial charge < -0.3 is 15.4 Å². The number of nitrogens with zero attached hydrogens (tertiary/aromatic N) is 2. The van der Waals surface area contributed by atoms with Crippen LogP contribution in [-0.4, -0.2) is 46.2 Å². The largest absolute Gasteiger partial charge is 0.493 e. The fourth-order valence-electron chi connectivity index (χ4n) is 2.16. The molecular weight excluding hydrogens is 232 g/mol. The average Bonchev–Trinajstić information content (AvgIpc) is 2.35. The van der Waals surface area contributed by atoms with Crippen molar-refractivity contribution >= 4 is 0 Å². The summed E-state index contributed by atoms with van der Waals surface area (Å²) in [7, 11) is 0. The molecular formula is C12H20N4O2. The molecule has 0 unspecified atom stereocenters. The van der Waals surface area contributed by atoms with E-state index in [1.807, 2.05) is 6.92 Å². The van der Waals surface area contributed by atoms with Gasteiger partial charge in [-0.05, 0) is 6.42 Å². The third-order valence-electron chi connectivity index (χ3n) is 3.13. The second-order valence-corrected chi connectivity index (χ2v) is 4.59. The Morgan fingerprint density at radius 2 is 2.11 bits per heavy atom. The van der Waals surface area contributed by atoms with Crippen molar-refractivity contribution in [3.8, 4) is 5.88 Å². The number of piperazine rings is 1. The summed E-state index contributed by atoms with van der Waals surface area (Å²) < 4.78 is 0. The number of aromatic hydroxyl groups is 1. The predicted octanol–water partition coefficient (Wildman–Crippen LogP) is -0.167. The maximum Gasteiger partial charge on any atom is 0.257 e. The maximum absolute atomic E-state index is 11.8. The Bertz CT molecular complexity index is 452. The van der Waals surface area contributed by atoms with Crippen LogP contribution in [-0.2, 0) is 13.0 Å². The first-order valence-corrected chi connectivity index (χ1v) is 6.44. The van der Waals surface area contributed by atoms with Crippen molar-refractivity contribution in [2.24, 2.45) is 0 Å². The van der Waals surface area contributed by atoms with Gasteiger partial charge in [-0.15, -0.1) is 0 Å². The molecule has 1 aliphatic rings. The van der Waals surface area contributed by atoms with E-state index in [0.717, 1.165) is 32.6 Å². The Kier molecular flexibility index (Phi) is 4.33. The van der Waals surface area contributed by atoms with Crippen LogP contribution in [0.15, 0.2) is 4.79 Å². The number of aromatic amines is 1. The zero-order valence-electron chi connectivity index (χ0n) is 10.7. The summed E-state index contributed by atoms with van der Waals surface area (Å²) >= 11 is 0. The normalized spacial score (nSPS) is 16.9. The maximum atomic E-state index is 11.8. The van der Waals surface area contributed by atoms with E-state index in [1.54, 1.807) is 0 Å². The predicted molar refractivity (Wildman–Crippen MR) is 68.7 cm³/mol. The lowest BCUT2D eigenvalue weighted by atomic mass is 10.2. The van der Waals surface area contributed by atoms with E-state index in [-0.39, 0.29) is 11.4 Å². The summed E-state index contributed by atoms with van der Waals surface area (Å²) in [4.78, 5) is 20.9. The summed E-state index contributed by atoms with van der Waals surface area (Å²) in [5.41, 5.74) is 0.177. The minimum absolute atomic E-state index is 0.120. The van der Waals surface area contributed by atoms with Crippen molar-refractivity contribution in [2.45, 2.75) is 26.3 Å². The van der Waals surface area contributed by atoms with Gasteiger partial charge in [0.25, 0.3) is 5.56 Å². The summed E-state index contributed by atoms with van der Waals surface area (Å²) in [6, 6.07) is 0. The fraction of sp³-hybridized carbons (Fsp3) is 0.667. The lowest BCUT2D eigenvalue weighted by molar-refractivity contribution is 0.226. The molecule has 2 heterocycles. The summed E-state index contributed by atoms with van der Waals surface area (Å²) in [6.45, 7) is 6.31. The molecule has 18 heavy (non-hydrogen) atoms. The van der Waals surface area contributed by atoms with E-state index >= 15 is 0 Å². The third-order valence-corrected chi connectivity index (χ3v) is 3.13. The van der Waals surface area contributed by atoms with Gasteiger partial charge in [0.2, 0.25) is 5.88 Å². The molecule has 0 aromatic carbocycles. The van der Waals surface area contributed by atoms with Crippen LogP contribution in [0.1, 0.15) is 24.7 Å². The Morgan fingerprint density at radius 3 is 2.72 bits per heavy atom. The van der Waals surface area contributed by atoms with Gasteiger partial charge in [-0.25, -0.2) is 0 Å². The number of aromatic nitrogens is 2. The first-order chi connectivity index (χ1) is 8.70. The van der Waals surface area contributed by atoms with Crippen LogP contribution in [0.25, 0.3) is 0 Å². The van der Waals surface area contributed by atoms with Gasteiger partial charge in [-0.2, -0.15) is 4.98 Å². The SMILES string of the molecule is CCCc1c(O)nc(CN2CCNCC2)[nH]c1=O. The molecule has 1 aliphatic heterocycles. The van der Waals surface area contributed by atoms with Crippen molar-refractivity contribution in [2.75, 3.05) is 26.2 Å². The van der Waals surface area contributed by atoms with E-state index in [9.17, 15) is 9.90 Å². The van der Waals surface area contributed by atoms with Crippen LogP contribution in [0.4, 0.5) is 0 Å². The highest BCUT2D eigenvalue weighted by atomic mass is 16.3. The molecule has 0 saturated carbocycles. The van der Waals surface area contributed by atoms with Gasteiger partial charge in [0.15, 0.2) is 0 Å². The summed E-state index contributed by atoms with van der Waals surface area (Å²) in [6.07, 6.45) is 1.37. The molecule has 100 valence electrons. The molecule has 3 N–H and O–H groups in total. The zero-order valence-corrected chi connectivity index (χ0v) is 10.7. The Morgan fingerprint density at radius 1 is 1.39 bits per heavy atom. The molecule has 0 bridgehead atoms. The highest BCUT2D eigenvalue weighted by Crippen LogP contribution is 2.11. The van der Waals surface area contributed by atoms with Crippen LogP contribution in [0.5, 0.6) is 5.88 Å². The highest BCUT2D eigenvalue weighted by molar-refractivity contribution is 5.22. The van der Waals surface area contributed by atoms with Crippen LogP contribution in [0.3, 0.4) is 0 Å². The van der Waals surface area contributed by atoms with E-state index in [4.69, 9.17) is 0 Å². The standard InChI is InChI=1S/C12H20N4O2/c1-2-3-9-11(17)14-10(15-12(9)18)8-16-6-4-13-5-7-16/h13H,2-8H2,1H3,(H2,14,15,17,18). The van der Waals surface area contributed by atoms with Gasteiger partial charge >= 0.3 is 0 Å². The van der Waals surface area contributed by atoms with Crippen molar-refractivity contribution in [3.05, 3.63) is 21.7 Å². The number of H-pyrrole nitrogens is 1. The average molecular weight is 252 g/mol. The zero-order chi connectivity index (χ0) is 13.0. The first kappa shape index (κ1) is 13.0. The van der Waals surface area contributed by atoms with Crippen LogP contribution < -0.4 is 10.9 Å². The minimum Gasteiger partial charge on any atom is -0.493 e. The van der Waals surface area contributed by atoms with Crippen molar-refractivity contribution in [3.63, 3.8) is 0 Å². The molecule has 1 saturated heterocycles. The number of rotatable bonds is 4. The second kappa shape index (κ2) is 5.97. The molecule has 1 aromatic rings. The van der Waals surface area contributed by atoms with Gasteiger partial charge in [-0.1, -0.05) is 13.3 Å². The topological polar surface area (TPSA) is 81.2 Å². The van der Waals surface area contributed by atoms with E-state index < -0.39 is 0 Å². The second-order valence-electron chi connectivity index (χ2n) is 4.59. The molecule has 2 rings (SSSR count). The number of hydrogen-bond donors (Lipinski definition) is 3. The van der Waals surface area contributed by atoms with Crippen LogP contribution in [0.2, 0.25) is 0 Å². The first-order valence-electron chi connectivity index (χ1n) is 6.44.